The van der Waals surface area contributed by atoms with E-state index in [1.807, 2.05) is 21.7 Å². The van der Waals surface area contributed by atoms with Crippen LogP contribution in [0.4, 0.5) is 13.2 Å². The van der Waals surface area contributed by atoms with E-state index in [2.05, 4.69) is 5.32 Å². The topological polar surface area (TPSA) is 35.5 Å². The largest absolute Gasteiger partial charge is 0.390 e. The lowest BCUT2D eigenvalue weighted by atomic mass is 9.97. The molecule has 0 radical (unpaired) electrons. The highest BCUT2D eigenvalue weighted by Gasteiger charge is 2.30. The number of halogens is 3. The van der Waals surface area contributed by atoms with Gasteiger partial charge in [-0.05, 0) is 55.2 Å². The summed E-state index contributed by atoms with van der Waals surface area (Å²) in [6.45, 7) is 3.67. The second kappa shape index (κ2) is 7.29. The molecule has 1 unspecified atom stereocenters. The third-order valence-electron chi connectivity index (χ3n) is 4.18. The van der Waals surface area contributed by atoms with Crippen LogP contribution in [0.5, 0.6) is 0 Å². The lowest BCUT2D eigenvalue weighted by Crippen LogP contribution is -2.47. The number of aliphatic hydroxyl groups is 1. The third kappa shape index (κ3) is 5.53. The molecule has 0 saturated carbocycles. The fourth-order valence-corrected chi connectivity index (χ4v) is 3.44. The smallest absolute Gasteiger partial charge is 0.384 e. The van der Waals surface area contributed by atoms with Crippen LogP contribution in [-0.4, -0.2) is 48.4 Å². The van der Waals surface area contributed by atoms with Gasteiger partial charge in [0.25, 0.3) is 0 Å². The molecule has 0 aromatic carbocycles. The third-order valence-corrected chi connectivity index (χ3v) is 4.86. The monoisotopic (exact) mass is 336 g/mol. The summed E-state index contributed by atoms with van der Waals surface area (Å²) in [6.07, 6.45) is -3.18. The Morgan fingerprint density at radius 1 is 1.36 bits per heavy atom. The van der Waals surface area contributed by atoms with Gasteiger partial charge in [0.1, 0.15) is 0 Å². The quantitative estimate of drug-likeness (QED) is 0.838. The minimum atomic E-state index is -4.08. The van der Waals surface area contributed by atoms with Gasteiger partial charge in [-0.2, -0.15) is 24.5 Å². The van der Waals surface area contributed by atoms with Gasteiger partial charge in [0.2, 0.25) is 0 Å². The van der Waals surface area contributed by atoms with Crippen molar-refractivity contribution in [2.45, 2.75) is 44.0 Å². The number of piperidine rings is 1. The van der Waals surface area contributed by atoms with E-state index in [0.29, 0.717) is 19.6 Å². The van der Waals surface area contributed by atoms with Gasteiger partial charge >= 0.3 is 6.18 Å². The minimum absolute atomic E-state index is 0.0861. The average Bonchev–Trinajstić information content (AvgIpc) is 2.98. The Morgan fingerprint density at radius 2 is 2.05 bits per heavy atom. The summed E-state index contributed by atoms with van der Waals surface area (Å²) in [5.41, 5.74) is -0.0134. The zero-order valence-electron chi connectivity index (χ0n) is 12.7. The fraction of sp³-hybridized carbons (Fsp3) is 0.733. The van der Waals surface area contributed by atoms with Crippen molar-refractivity contribution in [1.29, 1.82) is 0 Å². The number of hydrogen-bond donors (Lipinski definition) is 2. The molecule has 1 aromatic rings. The summed E-state index contributed by atoms with van der Waals surface area (Å²) in [7, 11) is 0. The zero-order chi connectivity index (χ0) is 16.2. The predicted octanol–water partition coefficient (Wildman–Crippen LogP) is 2.96. The number of hydrogen-bond acceptors (Lipinski definition) is 4. The molecule has 22 heavy (non-hydrogen) atoms. The van der Waals surface area contributed by atoms with Crippen LogP contribution in [0.2, 0.25) is 0 Å². The van der Waals surface area contributed by atoms with E-state index in [-0.39, 0.29) is 12.6 Å². The van der Waals surface area contributed by atoms with Gasteiger partial charge in [-0.15, -0.1) is 0 Å². The number of rotatable bonds is 6. The lowest BCUT2D eigenvalue weighted by Gasteiger charge is -2.34. The summed E-state index contributed by atoms with van der Waals surface area (Å²) < 4.78 is 36.6. The molecular weight excluding hydrogens is 313 g/mol. The van der Waals surface area contributed by atoms with Crippen molar-refractivity contribution in [3.63, 3.8) is 0 Å². The Kier molecular flexibility index (Phi) is 5.87. The molecule has 0 aliphatic carbocycles. The Labute approximate surface area is 133 Å². The van der Waals surface area contributed by atoms with Crippen LogP contribution in [0.15, 0.2) is 16.8 Å². The van der Waals surface area contributed by atoms with Crippen molar-refractivity contribution in [3.05, 3.63) is 22.4 Å². The van der Waals surface area contributed by atoms with E-state index in [4.69, 9.17) is 0 Å². The predicted molar refractivity (Wildman–Crippen MR) is 82.0 cm³/mol. The molecule has 1 atom stereocenters. The second-order valence-electron chi connectivity index (χ2n) is 6.15. The molecule has 1 saturated heterocycles. The van der Waals surface area contributed by atoms with E-state index in [9.17, 15) is 18.3 Å². The Bertz CT molecular complexity index is 440. The maximum absolute atomic E-state index is 12.2. The van der Waals surface area contributed by atoms with E-state index >= 15 is 0 Å². The summed E-state index contributed by atoms with van der Waals surface area (Å²) in [6, 6.07) is 2.17. The van der Waals surface area contributed by atoms with Gasteiger partial charge in [-0.3, -0.25) is 0 Å². The molecular formula is C15H23F3N2OS. The van der Waals surface area contributed by atoms with E-state index < -0.39 is 18.2 Å². The summed E-state index contributed by atoms with van der Waals surface area (Å²) in [5, 5.41) is 17.7. The molecule has 1 aliphatic heterocycles. The minimum Gasteiger partial charge on any atom is -0.384 e. The molecule has 7 heteroatoms. The summed E-state index contributed by atoms with van der Waals surface area (Å²) in [5.74, 6) is 0. The molecule has 0 amide bonds. The highest BCUT2D eigenvalue weighted by Crippen LogP contribution is 2.24. The molecule has 2 N–H and O–H groups in total. The zero-order valence-corrected chi connectivity index (χ0v) is 13.5. The molecule has 0 bridgehead atoms. The number of nitrogens with zero attached hydrogens (tertiary/aromatic N) is 1. The standard InChI is InChI=1S/C15H23F3N2OS/c1-14(21,12-4-9-22-10-12)11-19-13-2-6-20(7-3-13)8-5-15(16,17)18/h4,9-10,13,19,21H,2-3,5-8,11H2,1H3. The van der Waals surface area contributed by atoms with E-state index in [0.717, 1.165) is 18.4 Å². The van der Waals surface area contributed by atoms with Crippen LogP contribution in [0.25, 0.3) is 0 Å². The first-order valence-electron chi connectivity index (χ1n) is 7.54. The number of thiophene rings is 1. The van der Waals surface area contributed by atoms with Crippen LogP contribution >= 0.6 is 11.3 Å². The average molecular weight is 336 g/mol. The molecule has 126 valence electrons. The first-order chi connectivity index (χ1) is 10.3. The highest BCUT2D eigenvalue weighted by atomic mass is 32.1. The van der Waals surface area contributed by atoms with Crippen molar-refractivity contribution >= 4 is 11.3 Å². The molecule has 1 aromatic heterocycles. The molecule has 0 spiro atoms. The van der Waals surface area contributed by atoms with Crippen LogP contribution in [0.3, 0.4) is 0 Å². The number of nitrogens with one attached hydrogen (secondary N) is 1. The van der Waals surface area contributed by atoms with Crippen LogP contribution in [0, 0.1) is 0 Å². The Balaban J connectivity index is 1.69. The lowest BCUT2D eigenvalue weighted by molar-refractivity contribution is -0.138. The van der Waals surface area contributed by atoms with Crippen LogP contribution in [0.1, 0.15) is 31.7 Å². The maximum Gasteiger partial charge on any atom is 0.390 e. The van der Waals surface area contributed by atoms with Crippen LogP contribution in [-0.2, 0) is 5.60 Å². The summed E-state index contributed by atoms with van der Waals surface area (Å²) in [4.78, 5) is 1.86. The molecule has 3 nitrogen and oxygen atoms in total. The SMILES string of the molecule is CC(O)(CNC1CCN(CCC(F)(F)F)CC1)c1ccsc1. The fourth-order valence-electron chi connectivity index (χ4n) is 2.66. The van der Waals surface area contributed by atoms with Gasteiger partial charge < -0.3 is 15.3 Å². The van der Waals surface area contributed by atoms with E-state index in [1.165, 1.54) is 0 Å². The Hall–Kier alpha value is -0.630. The first kappa shape index (κ1) is 17.7. The molecule has 1 aliphatic rings. The number of likely N-dealkylation sites (tertiary alicyclic amines) is 1. The second-order valence-corrected chi connectivity index (χ2v) is 6.93. The number of alkyl halides is 3. The summed E-state index contributed by atoms with van der Waals surface area (Å²) >= 11 is 1.55. The van der Waals surface area contributed by atoms with Gasteiger partial charge in [-0.1, -0.05) is 0 Å². The van der Waals surface area contributed by atoms with Crippen molar-refractivity contribution in [2.24, 2.45) is 0 Å². The van der Waals surface area contributed by atoms with Crippen molar-refractivity contribution in [3.8, 4) is 0 Å². The first-order valence-corrected chi connectivity index (χ1v) is 8.48. The van der Waals surface area contributed by atoms with Crippen molar-refractivity contribution in [1.82, 2.24) is 10.2 Å². The van der Waals surface area contributed by atoms with Crippen molar-refractivity contribution in [2.75, 3.05) is 26.2 Å². The maximum atomic E-state index is 12.2. The normalized spacial score (nSPS) is 21.0. The van der Waals surface area contributed by atoms with Gasteiger partial charge in [0.05, 0.1) is 12.0 Å². The van der Waals surface area contributed by atoms with Gasteiger partial charge in [0.15, 0.2) is 0 Å². The molecule has 2 rings (SSSR count). The van der Waals surface area contributed by atoms with Crippen LogP contribution < -0.4 is 5.32 Å². The highest BCUT2D eigenvalue weighted by molar-refractivity contribution is 7.08. The van der Waals surface area contributed by atoms with Gasteiger partial charge in [0, 0.05) is 19.1 Å². The Morgan fingerprint density at radius 3 is 2.59 bits per heavy atom. The van der Waals surface area contributed by atoms with E-state index in [1.54, 1.807) is 18.3 Å². The molecule has 1 fully saturated rings. The van der Waals surface area contributed by atoms with Crippen molar-refractivity contribution < 1.29 is 18.3 Å². The molecule has 2 heterocycles. The van der Waals surface area contributed by atoms with Gasteiger partial charge in [-0.25, -0.2) is 0 Å².